The van der Waals surface area contributed by atoms with Crippen LogP contribution in [0.1, 0.15) is 55.1 Å². The Morgan fingerprint density at radius 3 is 2.29 bits per heavy atom. The summed E-state index contributed by atoms with van der Waals surface area (Å²) in [4.78, 5) is 8.82. The Morgan fingerprint density at radius 1 is 1.24 bits per heavy atom. The van der Waals surface area contributed by atoms with Crippen molar-refractivity contribution >= 4 is 11.3 Å². The van der Waals surface area contributed by atoms with Gasteiger partial charge in [0.05, 0.1) is 10.7 Å². The third kappa shape index (κ3) is 3.33. The molecule has 1 aromatic heterocycles. The van der Waals surface area contributed by atoms with Crippen molar-refractivity contribution in [2.75, 3.05) is 20.1 Å². The fraction of sp³-hybridized carbons (Fsp3) is 0.824. The molecule has 2 rings (SSSR count). The Bertz CT molecular complexity index is 425. The summed E-state index contributed by atoms with van der Waals surface area (Å²) >= 11 is 1.87. The van der Waals surface area contributed by atoms with E-state index < -0.39 is 0 Å². The maximum absolute atomic E-state index is 4.77. The van der Waals surface area contributed by atoms with E-state index in [1.165, 1.54) is 41.3 Å². The van der Waals surface area contributed by atoms with E-state index in [1.54, 1.807) is 0 Å². The molecule has 21 heavy (non-hydrogen) atoms. The highest BCUT2D eigenvalue weighted by Gasteiger charge is 2.44. The molecule has 120 valence electrons. The molecule has 1 aliphatic carbocycles. The molecule has 1 unspecified atom stereocenters. The predicted octanol–water partition coefficient (Wildman–Crippen LogP) is 3.55. The van der Waals surface area contributed by atoms with Gasteiger partial charge >= 0.3 is 0 Å². The Labute approximate surface area is 134 Å². The van der Waals surface area contributed by atoms with Crippen LogP contribution in [-0.4, -0.2) is 41.6 Å². The first-order chi connectivity index (χ1) is 10.1. The number of hydrogen-bond acceptors (Lipinski definition) is 4. The fourth-order valence-electron chi connectivity index (χ4n) is 4.09. The topological polar surface area (TPSA) is 28.2 Å². The monoisotopic (exact) mass is 309 g/mol. The zero-order valence-electron chi connectivity index (χ0n) is 14.3. The van der Waals surface area contributed by atoms with E-state index in [0.717, 1.165) is 19.5 Å². The van der Waals surface area contributed by atoms with Crippen LogP contribution in [0.2, 0.25) is 0 Å². The first kappa shape index (κ1) is 16.9. The number of hydrogen-bond donors (Lipinski definition) is 1. The quantitative estimate of drug-likeness (QED) is 0.835. The average Bonchev–Trinajstić information content (AvgIpc) is 3.06. The number of thiazole rings is 1. The molecule has 1 aliphatic rings. The summed E-state index contributed by atoms with van der Waals surface area (Å²) in [5.41, 5.74) is 1.53. The lowest BCUT2D eigenvalue weighted by atomic mass is 9.84. The summed E-state index contributed by atoms with van der Waals surface area (Å²) < 4.78 is 0. The van der Waals surface area contributed by atoms with E-state index in [1.807, 2.05) is 11.3 Å². The summed E-state index contributed by atoms with van der Waals surface area (Å²) in [6, 6.07) is 0.504. The molecule has 0 spiro atoms. The molecule has 1 N–H and O–H groups in total. The van der Waals surface area contributed by atoms with Crippen LogP contribution in [0.15, 0.2) is 0 Å². The number of nitrogens with one attached hydrogen (secondary N) is 1. The van der Waals surface area contributed by atoms with Gasteiger partial charge in [0.1, 0.15) is 0 Å². The smallest absolute Gasteiger partial charge is 0.0947 e. The van der Waals surface area contributed by atoms with Crippen LogP contribution in [0.4, 0.5) is 0 Å². The first-order valence-corrected chi connectivity index (χ1v) is 9.24. The molecule has 1 heterocycles. The Kier molecular flexibility index (Phi) is 5.81. The van der Waals surface area contributed by atoms with Gasteiger partial charge < -0.3 is 5.32 Å². The molecule has 0 radical (unpaired) electrons. The first-order valence-electron chi connectivity index (χ1n) is 8.42. The normalized spacial score (nSPS) is 19.3. The molecule has 1 fully saturated rings. The molecule has 0 amide bonds. The molecule has 1 aromatic rings. The summed E-state index contributed by atoms with van der Waals surface area (Å²) in [5.74, 6) is 0. The van der Waals surface area contributed by atoms with Gasteiger partial charge in [-0.05, 0) is 46.8 Å². The molecule has 1 atom stereocenters. The van der Waals surface area contributed by atoms with Crippen LogP contribution < -0.4 is 5.32 Å². The van der Waals surface area contributed by atoms with Gasteiger partial charge in [-0.2, -0.15) is 0 Å². The predicted molar refractivity (Wildman–Crippen MR) is 92.3 cm³/mol. The molecular formula is C17H31N3S. The number of rotatable bonds is 7. The van der Waals surface area contributed by atoms with Crippen molar-refractivity contribution in [1.82, 2.24) is 15.2 Å². The van der Waals surface area contributed by atoms with Crippen molar-refractivity contribution in [3.8, 4) is 0 Å². The van der Waals surface area contributed by atoms with Crippen molar-refractivity contribution in [3.05, 3.63) is 15.6 Å². The molecule has 1 saturated carbocycles. The van der Waals surface area contributed by atoms with E-state index >= 15 is 0 Å². The minimum atomic E-state index is 0.325. The lowest BCUT2D eigenvalue weighted by Crippen LogP contribution is -2.60. The number of aryl methyl sites for hydroxylation is 2. The second kappa shape index (κ2) is 7.21. The maximum atomic E-state index is 4.77. The van der Waals surface area contributed by atoms with Gasteiger partial charge in [0, 0.05) is 22.9 Å². The van der Waals surface area contributed by atoms with Crippen molar-refractivity contribution < 1.29 is 0 Å². The number of likely N-dealkylation sites (N-methyl/N-ethyl adjacent to an activating group) is 2. The van der Waals surface area contributed by atoms with Crippen LogP contribution in [0.5, 0.6) is 0 Å². The van der Waals surface area contributed by atoms with Crippen LogP contribution in [0.25, 0.3) is 0 Å². The SMILES string of the molecule is CCN(CC)C1(C(Cc2nc(C)c(C)s2)NC)CCCC1. The Hall–Kier alpha value is -0.450. The van der Waals surface area contributed by atoms with E-state index in [0.29, 0.717) is 11.6 Å². The number of nitrogens with zero attached hydrogens (tertiary/aromatic N) is 2. The molecular weight excluding hydrogens is 278 g/mol. The molecule has 3 nitrogen and oxygen atoms in total. The number of aromatic nitrogens is 1. The lowest BCUT2D eigenvalue weighted by molar-refractivity contribution is 0.0658. The third-order valence-electron chi connectivity index (χ3n) is 5.31. The van der Waals surface area contributed by atoms with Crippen LogP contribution in [0, 0.1) is 13.8 Å². The zero-order valence-corrected chi connectivity index (χ0v) is 15.1. The highest BCUT2D eigenvalue weighted by molar-refractivity contribution is 7.11. The van der Waals surface area contributed by atoms with Crippen LogP contribution in [-0.2, 0) is 6.42 Å². The van der Waals surface area contributed by atoms with Gasteiger partial charge in [-0.15, -0.1) is 11.3 Å². The summed E-state index contributed by atoms with van der Waals surface area (Å²) in [6.07, 6.45) is 6.44. The highest BCUT2D eigenvalue weighted by Crippen LogP contribution is 2.39. The van der Waals surface area contributed by atoms with Crippen molar-refractivity contribution in [2.24, 2.45) is 0 Å². The van der Waals surface area contributed by atoms with Gasteiger partial charge in [-0.3, -0.25) is 4.90 Å². The Morgan fingerprint density at radius 2 is 1.86 bits per heavy atom. The van der Waals surface area contributed by atoms with Crippen molar-refractivity contribution in [1.29, 1.82) is 0 Å². The van der Waals surface area contributed by atoms with Crippen LogP contribution in [0.3, 0.4) is 0 Å². The average molecular weight is 310 g/mol. The summed E-state index contributed by atoms with van der Waals surface area (Å²) in [7, 11) is 2.13. The van der Waals surface area contributed by atoms with Gasteiger partial charge in [-0.25, -0.2) is 4.98 Å². The van der Waals surface area contributed by atoms with Gasteiger partial charge in [-0.1, -0.05) is 26.7 Å². The standard InChI is InChI=1S/C17H31N3S/c1-6-20(7-2)17(10-8-9-11-17)15(18-5)12-16-19-13(3)14(4)21-16/h15,18H,6-12H2,1-5H3. The molecule has 0 aliphatic heterocycles. The summed E-state index contributed by atoms with van der Waals surface area (Å²) in [5, 5.41) is 4.93. The molecule has 0 aromatic carbocycles. The van der Waals surface area contributed by atoms with Crippen molar-refractivity contribution in [2.45, 2.75) is 71.4 Å². The minimum absolute atomic E-state index is 0.325. The lowest BCUT2D eigenvalue weighted by Gasteiger charge is -2.46. The van der Waals surface area contributed by atoms with E-state index in [9.17, 15) is 0 Å². The largest absolute Gasteiger partial charge is 0.315 e. The fourth-order valence-corrected chi connectivity index (χ4v) is 5.07. The zero-order chi connectivity index (χ0) is 15.5. The highest BCUT2D eigenvalue weighted by atomic mass is 32.1. The van der Waals surface area contributed by atoms with Crippen LogP contribution >= 0.6 is 11.3 Å². The van der Waals surface area contributed by atoms with Crippen molar-refractivity contribution in [3.63, 3.8) is 0 Å². The summed E-state index contributed by atoms with van der Waals surface area (Å²) in [6.45, 7) is 11.2. The third-order valence-corrected chi connectivity index (χ3v) is 6.41. The molecule has 0 bridgehead atoms. The second-order valence-corrected chi connectivity index (χ2v) is 7.57. The van der Waals surface area contributed by atoms with E-state index in [4.69, 9.17) is 4.98 Å². The van der Waals surface area contributed by atoms with E-state index in [2.05, 4.69) is 45.0 Å². The Balaban J connectivity index is 2.23. The molecule has 4 heteroatoms. The molecule has 0 saturated heterocycles. The maximum Gasteiger partial charge on any atom is 0.0947 e. The van der Waals surface area contributed by atoms with Gasteiger partial charge in [0.25, 0.3) is 0 Å². The van der Waals surface area contributed by atoms with E-state index in [-0.39, 0.29) is 0 Å². The van der Waals surface area contributed by atoms with Gasteiger partial charge in [0.2, 0.25) is 0 Å². The minimum Gasteiger partial charge on any atom is -0.315 e. The second-order valence-electron chi connectivity index (χ2n) is 6.28. The van der Waals surface area contributed by atoms with Gasteiger partial charge in [0.15, 0.2) is 0 Å².